The standard InChI is InChI=1S/C76H141NO18/c1-3-5-7-9-11-13-15-16-17-18-19-20-21-22-23-24-25-26-27-28-29-30-31-32-33-34-35-36-37-38-39-40-41-42-44-46-48-50-52-54-64(82)77-59(60(81)53-51-49-47-45-43-14-12-10-8-6-4-2)58-90-74-70(88)67(85)72(62(56-79)92-74)95-76-71(89)68(86)73(63(57-80)93-76)94-75-69(87)66(84)65(83)61(55-78)91-75/h15-16,18-19,51,53,59-63,65-76,78-81,83-89H,3-14,17,20-50,52,54-58H2,1-2H3,(H,77,82)/b16-15-,19-18-,53-51+. The lowest BCUT2D eigenvalue weighted by Crippen LogP contribution is -2.66. The highest BCUT2D eigenvalue weighted by Crippen LogP contribution is 2.33. The third-order valence-electron chi connectivity index (χ3n) is 19.4. The van der Waals surface area contributed by atoms with Crippen molar-refractivity contribution in [3.8, 4) is 0 Å². The minimum absolute atomic E-state index is 0.248. The molecule has 19 nitrogen and oxygen atoms in total. The normalized spacial score (nSPS) is 27.4. The van der Waals surface area contributed by atoms with Crippen molar-refractivity contribution >= 4 is 5.91 Å². The molecule has 3 heterocycles. The van der Waals surface area contributed by atoms with Gasteiger partial charge in [0.05, 0.1) is 38.6 Å². The van der Waals surface area contributed by atoms with E-state index in [0.717, 1.165) is 51.4 Å². The summed E-state index contributed by atoms with van der Waals surface area (Å²) in [6.07, 6.45) is 43.2. The second kappa shape index (κ2) is 57.6. The molecular weight excluding hydrogens is 1210 g/mol. The van der Waals surface area contributed by atoms with Gasteiger partial charge in [0.2, 0.25) is 5.91 Å². The van der Waals surface area contributed by atoms with Gasteiger partial charge in [0.1, 0.15) is 73.2 Å². The second-order valence-corrected chi connectivity index (χ2v) is 27.8. The average molecular weight is 1360 g/mol. The number of nitrogens with one attached hydrogen (secondary N) is 1. The summed E-state index contributed by atoms with van der Waals surface area (Å²) in [5.74, 6) is -0.272. The van der Waals surface area contributed by atoms with Crippen LogP contribution in [0.3, 0.4) is 0 Å². The van der Waals surface area contributed by atoms with Gasteiger partial charge >= 0.3 is 0 Å². The Kier molecular flexibility index (Phi) is 52.9. The third-order valence-corrected chi connectivity index (χ3v) is 19.4. The molecule has 3 rings (SSSR count). The van der Waals surface area contributed by atoms with Crippen LogP contribution in [0.25, 0.3) is 0 Å². The monoisotopic (exact) mass is 1360 g/mol. The first-order valence-electron chi connectivity index (χ1n) is 38.7. The van der Waals surface area contributed by atoms with Crippen molar-refractivity contribution in [2.24, 2.45) is 0 Å². The van der Waals surface area contributed by atoms with Crippen molar-refractivity contribution in [2.45, 2.75) is 413 Å². The zero-order valence-corrected chi connectivity index (χ0v) is 59.4. The largest absolute Gasteiger partial charge is 0.394 e. The van der Waals surface area contributed by atoms with Gasteiger partial charge < -0.3 is 89.9 Å². The number of hydrogen-bond donors (Lipinski definition) is 12. The van der Waals surface area contributed by atoms with Crippen LogP contribution in [0.5, 0.6) is 0 Å². The molecule has 0 aromatic heterocycles. The van der Waals surface area contributed by atoms with Crippen LogP contribution in [-0.2, 0) is 33.2 Å². The van der Waals surface area contributed by atoms with Crippen molar-refractivity contribution in [3.63, 3.8) is 0 Å². The number of rotatable bonds is 61. The smallest absolute Gasteiger partial charge is 0.220 e. The summed E-state index contributed by atoms with van der Waals surface area (Å²) in [7, 11) is 0. The minimum atomic E-state index is -1.98. The van der Waals surface area contributed by atoms with Gasteiger partial charge in [0, 0.05) is 6.42 Å². The van der Waals surface area contributed by atoms with Crippen LogP contribution in [0.1, 0.15) is 309 Å². The number of aliphatic hydroxyl groups excluding tert-OH is 11. The molecule has 19 heteroatoms. The van der Waals surface area contributed by atoms with Crippen molar-refractivity contribution in [3.05, 3.63) is 36.5 Å². The Morgan fingerprint density at radius 1 is 0.379 bits per heavy atom. The summed E-state index contributed by atoms with van der Waals surface area (Å²) in [5.41, 5.74) is 0. The Labute approximate surface area is 574 Å². The fourth-order valence-corrected chi connectivity index (χ4v) is 13.2. The highest BCUT2D eigenvalue weighted by atomic mass is 16.8. The number of carbonyl (C=O) groups excluding carboxylic acids is 1. The summed E-state index contributed by atoms with van der Waals surface area (Å²) in [6.45, 7) is 1.72. The van der Waals surface area contributed by atoms with Gasteiger partial charge in [-0.15, -0.1) is 0 Å². The molecule has 0 radical (unpaired) electrons. The highest BCUT2D eigenvalue weighted by molar-refractivity contribution is 5.76. The first-order valence-corrected chi connectivity index (χ1v) is 38.7. The summed E-state index contributed by atoms with van der Waals surface area (Å²) in [4.78, 5) is 13.4. The van der Waals surface area contributed by atoms with Crippen molar-refractivity contribution in [1.82, 2.24) is 5.32 Å². The molecule has 0 aromatic carbocycles. The molecule has 1 amide bonds. The number of ether oxygens (including phenoxy) is 6. The van der Waals surface area contributed by atoms with Gasteiger partial charge in [-0.1, -0.05) is 288 Å². The van der Waals surface area contributed by atoms with Gasteiger partial charge in [0.25, 0.3) is 0 Å². The molecule has 17 unspecified atom stereocenters. The van der Waals surface area contributed by atoms with E-state index in [1.807, 2.05) is 6.08 Å². The van der Waals surface area contributed by atoms with Gasteiger partial charge in [-0.25, -0.2) is 0 Å². The van der Waals surface area contributed by atoms with E-state index in [2.05, 4.69) is 43.5 Å². The maximum Gasteiger partial charge on any atom is 0.220 e. The Morgan fingerprint density at radius 3 is 1.07 bits per heavy atom. The van der Waals surface area contributed by atoms with Crippen molar-refractivity contribution in [2.75, 3.05) is 26.4 Å². The van der Waals surface area contributed by atoms with Crippen LogP contribution in [0.15, 0.2) is 36.5 Å². The van der Waals surface area contributed by atoms with E-state index in [-0.39, 0.29) is 18.9 Å². The van der Waals surface area contributed by atoms with Gasteiger partial charge in [-0.2, -0.15) is 0 Å². The van der Waals surface area contributed by atoms with Crippen LogP contribution >= 0.6 is 0 Å². The molecule has 0 saturated carbocycles. The molecule has 12 N–H and O–H groups in total. The van der Waals surface area contributed by atoms with Crippen molar-refractivity contribution < 1.29 is 89.4 Å². The van der Waals surface area contributed by atoms with Crippen molar-refractivity contribution in [1.29, 1.82) is 0 Å². The van der Waals surface area contributed by atoms with E-state index < -0.39 is 124 Å². The van der Waals surface area contributed by atoms with Crippen LogP contribution in [0.4, 0.5) is 0 Å². The zero-order chi connectivity index (χ0) is 68.9. The zero-order valence-electron chi connectivity index (χ0n) is 59.4. The predicted octanol–water partition coefficient (Wildman–Crippen LogP) is 11.9. The van der Waals surface area contributed by atoms with E-state index >= 15 is 0 Å². The topological polar surface area (TPSA) is 307 Å². The lowest BCUT2D eigenvalue weighted by molar-refractivity contribution is -0.379. The van der Waals surface area contributed by atoms with E-state index in [0.29, 0.717) is 6.42 Å². The quantitative estimate of drug-likeness (QED) is 0.0199. The Morgan fingerprint density at radius 2 is 0.695 bits per heavy atom. The van der Waals surface area contributed by atoms with Gasteiger partial charge in [-0.05, 0) is 51.4 Å². The van der Waals surface area contributed by atoms with Crippen LogP contribution in [0.2, 0.25) is 0 Å². The molecule has 3 saturated heterocycles. The van der Waals surface area contributed by atoms with E-state index in [1.54, 1.807) is 6.08 Å². The second-order valence-electron chi connectivity index (χ2n) is 27.8. The summed E-state index contributed by atoms with van der Waals surface area (Å²) >= 11 is 0. The van der Waals surface area contributed by atoms with Crippen LogP contribution < -0.4 is 5.32 Å². The number of allylic oxidation sites excluding steroid dienone is 5. The predicted molar refractivity (Wildman–Crippen MR) is 374 cm³/mol. The molecule has 3 fully saturated rings. The lowest BCUT2D eigenvalue weighted by atomic mass is 9.96. The minimum Gasteiger partial charge on any atom is -0.394 e. The Hall–Kier alpha value is -1.99. The molecular formula is C76H141NO18. The summed E-state index contributed by atoms with van der Waals surface area (Å²) in [6, 6.07) is -0.969. The number of hydrogen-bond acceptors (Lipinski definition) is 18. The van der Waals surface area contributed by atoms with E-state index in [4.69, 9.17) is 28.4 Å². The lowest BCUT2D eigenvalue weighted by Gasteiger charge is -2.48. The van der Waals surface area contributed by atoms with Gasteiger partial charge in [0.15, 0.2) is 18.9 Å². The summed E-state index contributed by atoms with van der Waals surface area (Å²) < 4.78 is 34.3. The number of amides is 1. The first kappa shape index (κ1) is 87.2. The molecule has 0 aliphatic carbocycles. The third kappa shape index (κ3) is 38.6. The van der Waals surface area contributed by atoms with Gasteiger partial charge in [-0.3, -0.25) is 4.79 Å². The number of unbranched alkanes of at least 4 members (excludes halogenated alkanes) is 41. The maximum atomic E-state index is 13.4. The molecule has 0 spiro atoms. The molecule has 0 bridgehead atoms. The Balaban J connectivity index is 1.26. The molecule has 3 aliphatic rings. The highest BCUT2D eigenvalue weighted by Gasteiger charge is 2.53. The summed E-state index contributed by atoms with van der Waals surface area (Å²) in [5, 5.41) is 120. The molecule has 558 valence electrons. The maximum absolute atomic E-state index is 13.4. The molecule has 95 heavy (non-hydrogen) atoms. The molecule has 0 aromatic rings. The SMILES string of the molecule is CCCCCCC/C=C\C/C=C\CCCCCCCCCCCCCCCCCCCCCCCCCCCCCC(=O)NC(COC1OC(CO)C(OC2OC(CO)C(OC3OC(CO)C(O)C(O)C3O)C(O)C2O)C(O)C1O)C(O)/C=C/CCCCCCCCCCC. The van der Waals surface area contributed by atoms with E-state index in [1.165, 1.54) is 231 Å². The van der Waals surface area contributed by atoms with E-state index in [9.17, 15) is 61.0 Å². The van der Waals surface area contributed by atoms with Crippen LogP contribution in [0, 0.1) is 0 Å². The molecule has 3 aliphatic heterocycles. The average Bonchev–Trinajstić information content (AvgIpc) is 0.787. The van der Waals surface area contributed by atoms with Crippen LogP contribution in [-0.4, -0.2) is 193 Å². The fourth-order valence-electron chi connectivity index (χ4n) is 13.2. The first-order chi connectivity index (χ1) is 46.3. The number of aliphatic hydroxyl groups is 11. The Bertz CT molecular complexity index is 1860. The number of carbonyl (C=O) groups is 1. The fraction of sp³-hybridized carbons (Fsp3) is 0.908. The molecule has 17 atom stereocenters.